The van der Waals surface area contributed by atoms with Gasteiger partial charge < -0.3 is 10.1 Å². The molecule has 0 bridgehead atoms. The smallest absolute Gasteiger partial charge is 0.422 e. The molecule has 0 aliphatic carbocycles. The predicted molar refractivity (Wildman–Crippen MR) is 72.2 cm³/mol. The quantitative estimate of drug-likeness (QED) is 0.906. The first kappa shape index (κ1) is 14.6. The van der Waals surface area contributed by atoms with Crippen LogP contribution in [0.4, 0.5) is 18.9 Å². The maximum Gasteiger partial charge on any atom is 0.422 e. The Morgan fingerprint density at radius 1 is 1.30 bits per heavy atom. The number of alkyl halides is 3. The van der Waals surface area contributed by atoms with Gasteiger partial charge >= 0.3 is 6.18 Å². The lowest BCUT2D eigenvalue weighted by Crippen LogP contribution is -2.19. The number of nitrogens with one attached hydrogen (secondary N) is 1. The molecule has 3 nitrogen and oxygen atoms in total. The lowest BCUT2D eigenvalue weighted by atomic mass is 10.3. The van der Waals surface area contributed by atoms with Gasteiger partial charge in [-0.15, -0.1) is 11.3 Å². The Labute approximate surface area is 118 Å². The summed E-state index contributed by atoms with van der Waals surface area (Å²) in [6.45, 7) is 1.09. The maximum atomic E-state index is 12.2. The third-order valence-corrected chi connectivity index (χ3v) is 3.50. The Kier molecular flexibility index (Phi) is 4.49. The summed E-state index contributed by atoms with van der Waals surface area (Å²) in [6, 6.07) is 6.56. The normalized spacial score (nSPS) is 11.4. The average Bonchev–Trinajstić information content (AvgIpc) is 2.79. The van der Waals surface area contributed by atoms with E-state index in [-0.39, 0.29) is 5.75 Å². The molecular formula is C13H13F3N2OS. The highest BCUT2D eigenvalue weighted by atomic mass is 32.1. The van der Waals surface area contributed by atoms with Gasteiger partial charge in [-0.25, -0.2) is 4.98 Å². The minimum atomic E-state index is -4.35. The lowest BCUT2D eigenvalue weighted by Gasteiger charge is -2.14. The van der Waals surface area contributed by atoms with E-state index in [0.717, 1.165) is 10.6 Å². The fourth-order valence-corrected chi connectivity index (χ4v) is 2.29. The number of aryl methyl sites for hydroxylation is 1. The van der Waals surface area contributed by atoms with Crippen LogP contribution >= 0.6 is 11.3 Å². The van der Waals surface area contributed by atoms with Crippen LogP contribution in [0.5, 0.6) is 5.75 Å². The van der Waals surface area contributed by atoms with Crippen LogP contribution in [-0.4, -0.2) is 17.8 Å². The Hall–Kier alpha value is -1.76. The minimum absolute atomic E-state index is 0.187. The summed E-state index contributed by atoms with van der Waals surface area (Å²) in [4.78, 5) is 5.16. The first-order chi connectivity index (χ1) is 9.46. The third-order valence-electron chi connectivity index (χ3n) is 2.56. The zero-order valence-electron chi connectivity index (χ0n) is 10.7. The van der Waals surface area contributed by atoms with Crippen molar-refractivity contribution in [1.29, 1.82) is 0 Å². The van der Waals surface area contributed by atoms with Crippen molar-refractivity contribution in [2.24, 2.45) is 0 Å². The van der Waals surface area contributed by atoms with Gasteiger partial charge in [0.25, 0.3) is 0 Å². The van der Waals surface area contributed by atoms with Crippen molar-refractivity contribution < 1.29 is 17.9 Å². The molecule has 1 aromatic carbocycles. The van der Waals surface area contributed by atoms with Gasteiger partial charge in [0.05, 0.1) is 23.4 Å². The summed E-state index contributed by atoms with van der Waals surface area (Å²) >= 11 is 1.50. The van der Waals surface area contributed by atoms with E-state index in [2.05, 4.69) is 10.3 Å². The van der Waals surface area contributed by atoms with Gasteiger partial charge in [0.1, 0.15) is 5.75 Å². The van der Waals surface area contributed by atoms with Crippen molar-refractivity contribution >= 4 is 17.0 Å². The van der Waals surface area contributed by atoms with Crippen LogP contribution in [0.25, 0.3) is 0 Å². The Bertz CT molecular complexity index is 569. The second-order valence-electron chi connectivity index (χ2n) is 4.11. The summed E-state index contributed by atoms with van der Waals surface area (Å²) in [6.07, 6.45) is -4.35. The molecule has 1 aromatic heterocycles. The molecule has 7 heteroatoms. The van der Waals surface area contributed by atoms with Crippen molar-refractivity contribution in [2.75, 3.05) is 11.9 Å². The molecular weight excluding hydrogens is 289 g/mol. The molecule has 0 atom stereocenters. The number of nitrogens with zero attached hydrogens (tertiary/aromatic N) is 1. The number of hydrogen-bond donors (Lipinski definition) is 1. The summed E-state index contributed by atoms with van der Waals surface area (Å²) in [5.41, 5.74) is 3.18. The summed E-state index contributed by atoms with van der Waals surface area (Å²) < 4.78 is 41.4. The Morgan fingerprint density at radius 2 is 2.05 bits per heavy atom. The number of anilines is 1. The molecule has 0 radical (unpaired) electrons. The zero-order chi connectivity index (χ0) is 14.6. The van der Waals surface area contributed by atoms with E-state index in [1.165, 1.54) is 17.4 Å². The molecule has 0 aliphatic heterocycles. The molecule has 1 N–H and O–H groups in total. The highest BCUT2D eigenvalue weighted by Crippen LogP contribution is 2.27. The molecule has 0 unspecified atom stereocenters. The van der Waals surface area contributed by atoms with E-state index >= 15 is 0 Å². The topological polar surface area (TPSA) is 34.2 Å². The molecule has 0 fully saturated rings. The number of rotatable bonds is 5. The fourth-order valence-electron chi connectivity index (χ4n) is 1.57. The van der Waals surface area contributed by atoms with Crippen LogP contribution in [0.15, 0.2) is 29.8 Å². The van der Waals surface area contributed by atoms with Crippen molar-refractivity contribution in [3.05, 3.63) is 40.3 Å². The van der Waals surface area contributed by atoms with Gasteiger partial charge in [0.15, 0.2) is 6.61 Å². The van der Waals surface area contributed by atoms with E-state index in [4.69, 9.17) is 4.74 Å². The Morgan fingerprint density at radius 3 is 2.70 bits per heavy atom. The van der Waals surface area contributed by atoms with Gasteiger partial charge in [-0.05, 0) is 19.1 Å². The molecule has 0 saturated carbocycles. The van der Waals surface area contributed by atoms with Crippen LogP contribution in [0.2, 0.25) is 0 Å². The predicted octanol–water partition coefficient (Wildman–Crippen LogP) is 4.00. The van der Waals surface area contributed by atoms with Crippen LogP contribution < -0.4 is 10.1 Å². The molecule has 0 spiro atoms. The highest BCUT2D eigenvalue weighted by Gasteiger charge is 2.28. The Balaban J connectivity index is 2.02. The SMILES string of the molecule is Cc1ncsc1CNc1ccccc1OCC(F)(F)F. The summed E-state index contributed by atoms with van der Waals surface area (Å²) in [5, 5.41) is 3.07. The van der Waals surface area contributed by atoms with Crippen LogP contribution in [0.3, 0.4) is 0 Å². The molecule has 1 heterocycles. The van der Waals surface area contributed by atoms with Crippen molar-refractivity contribution in [3.63, 3.8) is 0 Å². The largest absolute Gasteiger partial charge is 0.482 e. The molecule has 0 amide bonds. The number of halogens is 3. The van der Waals surface area contributed by atoms with Gasteiger partial charge in [0, 0.05) is 4.88 Å². The van der Waals surface area contributed by atoms with Crippen LogP contribution in [0.1, 0.15) is 10.6 Å². The van der Waals surface area contributed by atoms with E-state index in [1.54, 1.807) is 23.7 Å². The average molecular weight is 302 g/mol. The minimum Gasteiger partial charge on any atom is -0.482 e. The fraction of sp³-hybridized carbons (Fsp3) is 0.308. The molecule has 0 saturated heterocycles. The van der Waals surface area contributed by atoms with Crippen LogP contribution in [-0.2, 0) is 6.54 Å². The standard InChI is InChI=1S/C13H13F3N2OS/c1-9-12(20-8-18-9)6-17-10-4-2-3-5-11(10)19-7-13(14,15)16/h2-5,8,17H,6-7H2,1H3. The molecule has 20 heavy (non-hydrogen) atoms. The van der Waals surface area contributed by atoms with E-state index < -0.39 is 12.8 Å². The van der Waals surface area contributed by atoms with Crippen molar-refractivity contribution in [1.82, 2.24) is 4.98 Å². The molecule has 108 valence electrons. The van der Waals surface area contributed by atoms with Gasteiger partial charge in [-0.2, -0.15) is 13.2 Å². The zero-order valence-corrected chi connectivity index (χ0v) is 11.5. The molecule has 0 aliphatic rings. The number of ether oxygens (including phenoxy) is 1. The lowest BCUT2D eigenvalue weighted by molar-refractivity contribution is -0.153. The maximum absolute atomic E-state index is 12.2. The highest BCUT2D eigenvalue weighted by molar-refractivity contribution is 7.09. The number of hydrogen-bond acceptors (Lipinski definition) is 4. The second kappa shape index (κ2) is 6.13. The van der Waals surface area contributed by atoms with E-state index in [0.29, 0.717) is 12.2 Å². The van der Waals surface area contributed by atoms with Gasteiger partial charge in [-0.1, -0.05) is 12.1 Å². The first-order valence-electron chi connectivity index (χ1n) is 5.87. The van der Waals surface area contributed by atoms with Crippen molar-refractivity contribution in [3.8, 4) is 5.75 Å². The van der Waals surface area contributed by atoms with Crippen molar-refractivity contribution in [2.45, 2.75) is 19.6 Å². The van der Waals surface area contributed by atoms with E-state index in [1.807, 2.05) is 6.92 Å². The van der Waals surface area contributed by atoms with Crippen LogP contribution in [0, 0.1) is 6.92 Å². The summed E-state index contributed by atoms with van der Waals surface area (Å²) in [5.74, 6) is 0.187. The van der Waals surface area contributed by atoms with Gasteiger partial charge in [-0.3, -0.25) is 0 Å². The monoisotopic (exact) mass is 302 g/mol. The number of thiazole rings is 1. The second-order valence-corrected chi connectivity index (χ2v) is 5.05. The van der Waals surface area contributed by atoms with Gasteiger partial charge in [0.2, 0.25) is 0 Å². The number of para-hydroxylation sites is 2. The number of aromatic nitrogens is 1. The molecule has 2 aromatic rings. The third kappa shape index (κ3) is 4.12. The summed E-state index contributed by atoms with van der Waals surface area (Å²) in [7, 11) is 0. The van der Waals surface area contributed by atoms with E-state index in [9.17, 15) is 13.2 Å². The number of benzene rings is 1. The first-order valence-corrected chi connectivity index (χ1v) is 6.75. The molecule has 2 rings (SSSR count).